The summed E-state index contributed by atoms with van der Waals surface area (Å²) in [5.41, 5.74) is 7.33. The van der Waals surface area contributed by atoms with Gasteiger partial charge in [0.25, 0.3) is 0 Å². The standard InChI is InChI=1S/C13H11Cl2NO/c14-11-2-1-3-12(15)13(11)17-8-9-4-6-10(16)7-5-9/h1-7H,8,16H2. The fraction of sp³-hybridized carbons (Fsp3) is 0.0769. The summed E-state index contributed by atoms with van der Waals surface area (Å²) in [5.74, 6) is 0.507. The van der Waals surface area contributed by atoms with E-state index in [2.05, 4.69) is 0 Å². The van der Waals surface area contributed by atoms with E-state index in [-0.39, 0.29) is 0 Å². The Bertz CT molecular complexity index is 491. The largest absolute Gasteiger partial charge is 0.486 e. The van der Waals surface area contributed by atoms with Crippen molar-refractivity contribution in [2.45, 2.75) is 6.61 Å². The van der Waals surface area contributed by atoms with Crippen molar-refractivity contribution in [2.24, 2.45) is 0 Å². The van der Waals surface area contributed by atoms with Crippen LogP contribution in [0.3, 0.4) is 0 Å². The first kappa shape index (κ1) is 12.1. The van der Waals surface area contributed by atoms with Gasteiger partial charge in [-0.3, -0.25) is 0 Å². The highest BCUT2D eigenvalue weighted by Gasteiger charge is 2.06. The quantitative estimate of drug-likeness (QED) is 0.848. The third-order valence-electron chi connectivity index (χ3n) is 2.28. The fourth-order valence-corrected chi connectivity index (χ4v) is 1.90. The minimum Gasteiger partial charge on any atom is -0.486 e. The van der Waals surface area contributed by atoms with E-state index in [1.165, 1.54) is 0 Å². The van der Waals surface area contributed by atoms with Crippen molar-refractivity contribution in [3.8, 4) is 5.75 Å². The van der Waals surface area contributed by atoms with Crippen LogP contribution >= 0.6 is 23.2 Å². The van der Waals surface area contributed by atoms with Crippen LogP contribution in [0, 0.1) is 0 Å². The van der Waals surface area contributed by atoms with Crippen LogP contribution in [0.4, 0.5) is 5.69 Å². The Morgan fingerprint density at radius 2 is 1.53 bits per heavy atom. The number of para-hydroxylation sites is 1. The second-order valence-electron chi connectivity index (χ2n) is 3.58. The lowest BCUT2D eigenvalue weighted by Crippen LogP contribution is -1.97. The van der Waals surface area contributed by atoms with E-state index in [4.69, 9.17) is 33.7 Å². The summed E-state index contributed by atoms with van der Waals surface area (Å²) >= 11 is 12.0. The Hall–Kier alpha value is -1.38. The number of nitrogen functional groups attached to an aromatic ring is 1. The van der Waals surface area contributed by atoms with Crippen molar-refractivity contribution >= 4 is 28.9 Å². The maximum absolute atomic E-state index is 5.99. The minimum absolute atomic E-state index is 0.406. The molecule has 0 saturated carbocycles. The molecule has 0 bridgehead atoms. The van der Waals surface area contributed by atoms with E-state index < -0.39 is 0 Å². The molecular formula is C13H11Cl2NO. The monoisotopic (exact) mass is 267 g/mol. The van der Waals surface area contributed by atoms with E-state index in [9.17, 15) is 0 Å². The number of anilines is 1. The highest BCUT2D eigenvalue weighted by Crippen LogP contribution is 2.32. The van der Waals surface area contributed by atoms with Crippen LogP contribution in [0.5, 0.6) is 5.75 Å². The van der Waals surface area contributed by atoms with Gasteiger partial charge < -0.3 is 10.5 Å². The van der Waals surface area contributed by atoms with Crippen LogP contribution in [0.2, 0.25) is 10.0 Å². The molecule has 2 aromatic carbocycles. The molecule has 0 amide bonds. The van der Waals surface area contributed by atoms with E-state index >= 15 is 0 Å². The Balaban J connectivity index is 2.10. The molecular weight excluding hydrogens is 257 g/mol. The molecule has 2 aromatic rings. The first-order valence-electron chi connectivity index (χ1n) is 5.08. The Morgan fingerprint density at radius 1 is 0.941 bits per heavy atom. The molecule has 0 aliphatic heterocycles. The van der Waals surface area contributed by atoms with Crippen molar-refractivity contribution in [2.75, 3.05) is 5.73 Å². The normalized spacial score (nSPS) is 10.2. The van der Waals surface area contributed by atoms with Gasteiger partial charge in [-0.15, -0.1) is 0 Å². The summed E-state index contributed by atoms with van der Waals surface area (Å²) < 4.78 is 5.59. The first-order chi connectivity index (χ1) is 8.16. The fourth-order valence-electron chi connectivity index (χ4n) is 1.39. The lowest BCUT2D eigenvalue weighted by atomic mass is 10.2. The molecule has 0 aromatic heterocycles. The molecule has 0 radical (unpaired) electrons. The number of hydrogen-bond acceptors (Lipinski definition) is 2. The van der Waals surface area contributed by atoms with E-state index in [1.807, 2.05) is 24.3 Å². The van der Waals surface area contributed by atoms with Crippen molar-refractivity contribution in [3.05, 3.63) is 58.1 Å². The summed E-state index contributed by atoms with van der Waals surface area (Å²) in [6, 6.07) is 12.7. The molecule has 0 saturated heterocycles. The second-order valence-corrected chi connectivity index (χ2v) is 4.40. The lowest BCUT2D eigenvalue weighted by molar-refractivity contribution is 0.306. The zero-order chi connectivity index (χ0) is 12.3. The molecule has 2 N–H and O–H groups in total. The minimum atomic E-state index is 0.406. The Morgan fingerprint density at radius 3 is 2.12 bits per heavy atom. The van der Waals surface area contributed by atoms with Gasteiger partial charge in [0.15, 0.2) is 5.75 Å². The highest BCUT2D eigenvalue weighted by atomic mass is 35.5. The van der Waals surface area contributed by atoms with Gasteiger partial charge in [0, 0.05) is 5.69 Å². The number of ether oxygens (including phenoxy) is 1. The van der Waals surface area contributed by atoms with Crippen molar-refractivity contribution in [1.29, 1.82) is 0 Å². The maximum Gasteiger partial charge on any atom is 0.156 e. The van der Waals surface area contributed by atoms with Gasteiger partial charge in [0.2, 0.25) is 0 Å². The molecule has 0 unspecified atom stereocenters. The van der Waals surface area contributed by atoms with Crippen molar-refractivity contribution in [3.63, 3.8) is 0 Å². The van der Waals surface area contributed by atoms with E-state index in [1.54, 1.807) is 18.2 Å². The summed E-state index contributed by atoms with van der Waals surface area (Å²) in [7, 11) is 0. The Kier molecular flexibility index (Phi) is 3.77. The van der Waals surface area contributed by atoms with Gasteiger partial charge in [-0.1, -0.05) is 41.4 Å². The lowest BCUT2D eigenvalue weighted by Gasteiger charge is -2.09. The molecule has 0 heterocycles. The summed E-state index contributed by atoms with van der Waals surface area (Å²) in [6.45, 7) is 0.406. The highest BCUT2D eigenvalue weighted by molar-refractivity contribution is 6.37. The second kappa shape index (κ2) is 5.30. The summed E-state index contributed by atoms with van der Waals surface area (Å²) in [4.78, 5) is 0. The van der Waals surface area contributed by atoms with Crippen LogP contribution in [-0.4, -0.2) is 0 Å². The number of hydrogen-bond donors (Lipinski definition) is 1. The van der Waals surface area contributed by atoms with Gasteiger partial charge >= 0.3 is 0 Å². The first-order valence-corrected chi connectivity index (χ1v) is 5.83. The SMILES string of the molecule is Nc1ccc(COc2c(Cl)cccc2Cl)cc1. The smallest absolute Gasteiger partial charge is 0.156 e. The molecule has 0 spiro atoms. The predicted molar refractivity (Wildman–Crippen MR) is 71.6 cm³/mol. The summed E-state index contributed by atoms with van der Waals surface area (Å²) in [6.07, 6.45) is 0. The third kappa shape index (κ3) is 3.05. The molecule has 88 valence electrons. The zero-order valence-electron chi connectivity index (χ0n) is 8.99. The number of halogens is 2. The van der Waals surface area contributed by atoms with Crippen LogP contribution in [0.25, 0.3) is 0 Å². The van der Waals surface area contributed by atoms with Gasteiger partial charge in [0.1, 0.15) is 6.61 Å². The molecule has 0 aliphatic rings. The maximum atomic E-state index is 5.99. The van der Waals surface area contributed by atoms with Crippen molar-refractivity contribution < 1.29 is 4.74 Å². The van der Waals surface area contributed by atoms with Crippen LogP contribution < -0.4 is 10.5 Å². The molecule has 0 atom stereocenters. The molecule has 17 heavy (non-hydrogen) atoms. The van der Waals surface area contributed by atoms with Gasteiger partial charge in [-0.05, 0) is 29.8 Å². The van der Waals surface area contributed by atoms with Gasteiger partial charge in [-0.2, -0.15) is 0 Å². The van der Waals surface area contributed by atoms with Gasteiger partial charge in [-0.25, -0.2) is 0 Å². The number of rotatable bonds is 3. The summed E-state index contributed by atoms with van der Waals surface area (Å²) in [5, 5.41) is 1.01. The Labute approximate surface area is 110 Å². The van der Waals surface area contributed by atoms with Gasteiger partial charge in [0.05, 0.1) is 10.0 Å². The number of benzene rings is 2. The molecule has 0 aliphatic carbocycles. The molecule has 2 nitrogen and oxygen atoms in total. The molecule has 0 fully saturated rings. The average Bonchev–Trinajstić information content (AvgIpc) is 2.31. The topological polar surface area (TPSA) is 35.2 Å². The molecule has 2 rings (SSSR count). The van der Waals surface area contributed by atoms with E-state index in [0.717, 1.165) is 11.3 Å². The third-order valence-corrected chi connectivity index (χ3v) is 2.88. The van der Waals surface area contributed by atoms with E-state index in [0.29, 0.717) is 22.4 Å². The number of nitrogens with two attached hydrogens (primary N) is 1. The zero-order valence-corrected chi connectivity index (χ0v) is 10.5. The van der Waals surface area contributed by atoms with Crippen LogP contribution in [-0.2, 0) is 6.61 Å². The van der Waals surface area contributed by atoms with Crippen LogP contribution in [0.1, 0.15) is 5.56 Å². The predicted octanol–water partition coefficient (Wildman–Crippen LogP) is 4.15. The van der Waals surface area contributed by atoms with Crippen LogP contribution in [0.15, 0.2) is 42.5 Å². The van der Waals surface area contributed by atoms with Crippen molar-refractivity contribution in [1.82, 2.24) is 0 Å². The average molecular weight is 268 g/mol. The molecule has 4 heteroatoms.